The van der Waals surface area contributed by atoms with Crippen molar-refractivity contribution in [3.05, 3.63) is 36.0 Å². The Morgan fingerprint density at radius 2 is 2.41 bits per heavy atom. The summed E-state index contributed by atoms with van der Waals surface area (Å²) in [5, 5.41) is 14.5. The number of ether oxygens (including phenoxy) is 1. The molecular formula is C15H16N4O3. The molecule has 0 unspecified atom stereocenters. The van der Waals surface area contributed by atoms with Crippen LogP contribution in [0.3, 0.4) is 0 Å². The normalized spacial score (nSPS) is 14.3. The lowest BCUT2D eigenvalue weighted by Crippen LogP contribution is -2.27. The molecule has 1 aromatic carbocycles. The molecule has 1 aliphatic rings. The van der Waals surface area contributed by atoms with Gasteiger partial charge in [0.1, 0.15) is 6.07 Å². The maximum absolute atomic E-state index is 11.6. The number of benzene rings is 1. The molecule has 7 nitrogen and oxygen atoms in total. The molecular weight excluding hydrogens is 284 g/mol. The Morgan fingerprint density at radius 1 is 1.59 bits per heavy atom. The van der Waals surface area contributed by atoms with E-state index in [9.17, 15) is 9.59 Å². The zero-order chi connectivity index (χ0) is 15.9. The van der Waals surface area contributed by atoms with Crippen LogP contribution in [0.5, 0.6) is 0 Å². The van der Waals surface area contributed by atoms with Gasteiger partial charge >= 0.3 is 12.0 Å². The first-order valence-electron chi connectivity index (χ1n) is 6.85. The van der Waals surface area contributed by atoms with Crippen molar-refractivity contribution in [2.45, 2.75) is 6.92 Å². The Kier molecular flexibility index (Phi) is 4.98. The van der Waals surface area contributed by atoms with Crippen LogP contribution in [0.15, 0.2) is 36.0 Å². The van der Waals surface area contributed by atoms with Gasteiger partial charge in [-0.15, -0.1) is 0 Å². The van der Waals surface area contributed by atoms with Crippen molar-refractivity contribution >= 4 is 23.4 Å². The zero-order valence-electron chi connectivity index (χ0n) is 12.1. The van der Waals surface area contributed by atoms with Crippen molar-refractivity contribution in [1.82, 2.24) is 5.32 Å². The number of anilines is 2. The molecule has 114 valence electrons. The van der Waals surface area contributed by atoms with Crippen LogP contribution in [0.1, 0.15) is 6.92 Å². The molecule has 1 heterocycles. The fraction of sp³-hybridized carbons (Fsp3) is 0.267. The summed E-state index contributed by atoms with van der Waals surface area (Å²) in [6.45, 7) is 3.09. The molecule has 0 spiro atoms. The Hall–Kier alpha value is -3.01. The summed E-state index contributed by atoms with van der Waals surface area (Å²) >= 11 is 0. The fourth-order valence-electron chi connectivity index (χ4n) is 1.98. The van der Waals surface area contributed by atoms with Crippen LogP contribution >= 0.6 is 0 Å². The van der Waals surface area contributed by atoms with E-state index in [1.807, 2.05) is 6.07 Å². The minimum absolute atomic E-state index is 0.119. The average Bonchev–Trinajstić information content (AvgIpc) is 2.94. The second kappa shape index (κ2) is 7.13. The van der Waals surface area contributed by atoms with Gasteiger partial charge in [-0.1, -0.05) is 6.07 Å². The first kappa shape index (κ1) is 15.4. The number of esters is 1. The topological polar surface area (TPSA) is 94.5 Å². The SMILES string of the molecule is CCOC(=O)C(C#N)=CNc1cccc(N2CCNC2=O)c1. The first-order chi connectivity index (χ1) is 10.7. The van der Waals surface area contributed by atoms with Crippen LogP contribution in [0.25, 0.3) is 0 Å². The lowest BCUT2D eigenvalue weighted by molar-refractivity contribution is -0.138. The largest absolute Gasteiger partial charge is 0.462 e. The summed E-state index contributed by atoms with van der Waals surface area (Å²) in [5.74, 6) is -0.674. The highest BCUT2D eigenvalue weighted by Gasteiger charge is 2.21. The van der Waals surface area contributed by atoms with Gasteiger partial charge in [0.2, 0.25) is 0 Å². The van der Waals surface area contributed by atoms with Gasteiger partial charge in [-0.05, 0) is 25.1 Å². The van der Waals surface area contributed by atoms with Gasteiger partial charge in [0, 0.05) is 30.7 Å². The second-order valence-corrected chi connectivity index (χ2v) is 4.47. The molecule has 0 aromatic heterocycles. The molecule has 7 heteroatoms. The highest BCUT2D eigenvalue weighted by atomic mass is 16.5. The summed E-state index contributed by atoms with van der Waals surface area (Å²) in [6, 6.07) is 8.78. The van der Waals surface area contributed by atoms with E-state index in [0.29, 0.717) is 18.8 Å². The minimum Gasteiger partial charge on any atom is -0.462 e. The monoisotopic (exact) mass is 300 g/mol. The third-order valence-corrected chi connectivity index (χ3v) is 3.01. The van der Waals surface area contributed by atoms with Gasteiger partial charge in [-0.2, -0.15) is 5.26 Å². The molecule has 1 fully saturated rings. The van der Waals surface area contributed by atoms with Crippen molar-refractivity contribution in [3.63, 3.8) is 0 Å². The van der Waals surface area contributed by atoms with Crippen molar-refractivity contribution in [3.8, 4) is 6.07 Å². The number of nitrogens with one attached hydrogen (secondary N) is 2. The molecule has 2 N–H and O–H groups in total. The Labute approximate surface area is 128 Å². The maximum Gasteiger partial charge on any atom is 0.350 e. The number of nitrogens with zero attached hydrogens (tertiary/aromatic N) is 2. The number of rotatable bonds is 5. The van der Waals surface area contributed by atoms with E-state index in [4.69, 9.17) is 10.00 Å². The van der Waals surface area contributed by atoms with Crippen LogP contribution < -0.4 is 15.5 Å². The predicted molar refractivity (Wildman–Crippen MR) is 81.1 cm³/mol. The van der Waals surface area contributed by atoms with Crippen molar-refractivity contribution in [2.75, 3.05) is 29.9 Å². The van der Waals surface area contributed by atoms with Gasteiger partial charge in [-0.3, -0.25) is 4.90 Å². The Morgan fingerprint density at radius 3 is 3.05 bits per heavy atom. The molecule has 22 heavy (non-hydrogen) atoms. The molecule has 0 saturated carbocycles. The number of hydrogen-bond donors (Lipinski definition) is 2. The van der Waals surface area contributed by atoms with Crippen LogP contribution in [-0.4, -0.2) is 31.7 Å². The summed E-state index contributed by atoms with van der Waals surface area (Å²) in [7, 11) is 0. The van der Waals surface area contributed by atoms with Crippen molar-refractivity contribution in [2.24, 2.45) is 0 Å². The lowest BCUT2D eigenvalue weighted by atomic mass is 10.2. The number of urea groups is 1. The molecule has 1 aromatic rings. The van der Waals surface area contributed by atoms with E-state index < -0.39 is 5.97 Å². The van der Waals surface area contributed by atoms with Crippen molar-refractivity contribution < 1.29 is 14.3 Å². The summed E-state index contributed by atoms with van der Waals surface area (Å²) in [5.41, 5.74) is 1.28. The number of carbonyl (C=O) groups excluding carboxylic acids is 2. The minimum atomic E-state index is -0.674. The predicted octanol–water partition coefficient (Wildman–Crippen LogP) is 1.60. The quantitative estimate of drug-likeness (QED) is 0.489. The van der Waals surface area contributed by atoms with E-state index in [1.165, 1.54) is 6.20 Å². The first-order valence-corrected chi connectivity index (χ1v) is 6.85. The molecule has 0 bridgehead atoms. The molecule has 2 amide bonds. The third-order valence-electron chi connectivity index (χ3n) is 3.01. The number of nitriles is 1. The molecule has 0 radical (unpaired) electrons. The number of carbonyl (C=O) groups is 2. The lowest BCUT2D eigenvalue weighted by Gasteiger charge is -2.15. The second-order valence-electron chi connectivity index (χ2n) is 4.47. The number of hydrogen-bond acceptors (Lipinski definition) is 5. The summed E-state index contributed by atoms with van der Waals surface area (Å²) in [6.07, 6.45) is 1.29. The van der Waals surface area contributed by atoms with Crippen molar-refractivity contribution in [1.29, 1.82) is 5.26 Å². The standard InChI is InChI=1S/C15H16N4O3/c1-2-22-14(20)11(9-16)10-18-12-4-3-5-13(8-12)19-7-6-17-15(19)21/h3-5,8,10,18H,2,6-7H2,1H3,(H,17,21). The van der Waals surface area contributed by atoms with Gasteiger partial charge < -0.3 is 15.4 Å². The maximum atomic E-state index is 11.6. The van der Waals surface area contributed by atoms with Gasteiger partial charge in [0.25, 0.3) is 0 Å². The Bertz CT molecular complexity index is 648. The average molecular weight is 300 g/mol. The fourth-order valence-corrected chi connectivity index (χ4v) is 1.98. The highest BCUT2D eigenvalue weighted by Crippen LogP contribution is 2.21. The third kappa shape index (κ3) is 3.55. The molecule has 0 atom stereocenters. The van der Waals surface area contributed by atoms with E-state index in [0.717, 1.165) is 5.69 Å². The van der Waals surface area contributed by atoms with Crippen LogP contribution in [0.4, 0.5) is 16.2 Å². The Balaban J connectivity index is 2.12. The molecule has 1 saturated heterocycles. The number of amides is 2. The van der Waals surface area contributed by atoms with Crippen LogP contribution in [-0.2, 0) is 9.53 Å². The smallest absolute Gasteiger partial charge is 0.350 e. The van der Waals surface area contributed by atoms with Gasteiger partial charge in [0.15, 0.2) is 5.57 Å². The van der Waals surface area contributed by atoms with Gasteiger partial charge in [0.05, 0.1) is 6.61 Å². The van der Waals surface area contributed by atoms with E-state index >= 15 is 0 Å². The molecule has 2 rings (SSSR count). The summed E-state index contributed by atoms with van der Waals surface area (Å²) < 4.78 is 4.77. The summed E-state index contributed by atoms with van der Waals surface area (Å²) in [4.78, 5) is 24.8. The van der Waals surface area contributed by atoms with Crippen LogP contribution in [0, 0.1) is 11.3 Å². The van der Waals surface area contributed by atoms with E-state index in [1.54, 1.807) is 36.1 Å². The highest BCUT2D eigenvalue weighted by molar-refractivity contribution is 5.95. The van der Waals surface area contributed by atoms with E-state index in [2.05, 4.69) is 10.6 Å². The molecule has 0 aliphatic carbocycles. The van der Waals surface area contributed by atoms with Crippen LogP contribution in [0.2, 0.25) is 0 Å². The zero-order valence-corrected chi connectivity index (χ0v) is 12.1. The van der Waals surface area contributed by atoms with E-state index in [-0.39, 0.29) is 18.2 Å². The molecule has 1 aliphatic heterocycles. The van der Waals surface area contributed by atoms with Gasteiger partial charge in [-0.25, -0.2) is 9.59 Å².